The SMILES string of the molecule is CC(C)CS(=O)(=O)N1CC(C)(C)CC2(CCN(CC(=O)Nc3ccc(OCc4ccccc4)cc3)CC2)C1. The Kier molecular flexibility index (Phi) is 8.85. The van der Waals surface area contributed by atoms with Crippen molar-refractivity contribution in [3.8, 4) is 5.75 Å². The monoisotopic (exact) mass is 541 g/mol. The zero-order chi connectivity index (χ0) is 27.4. The molecule has 1 amide bonds. The van der Waals surface area contributed by atoms with Crippen LogP contribution in [0.1, 0.15) is 52.5 Å². The molecule has 2 aromatic carbocycles. The number of anilines is 1. The van der Waals surface area contributed by atoms with Crippen molar-refractivity contribution >= 4 is 21.6 Å². The average molecular weight is 542 g/mol. The third-order valence-electron chi connectivity index (χ3n) is 7.58. The van der Waals surface area contributed by atoms with Gasteiger partial charge in [0, 0.05) is 18.8 Å². The summed E-state index contributed by atoms with van der Waals surface area (Å²) in [5.41, 5.74) is 1.78. The summed E-state index contributed by atoms with van der Waals surface area (Å²) in [5.74, 6) is 1.03. The zero-order valence-corrected chi connectivity index (χ0v) is 24.1. The molecule has 1 spiro atoms. The van der Waals surface area contributed by atoms with E-state index in [1.165, 1.54) is 0 Å². The highest BCUT2D eigenvalue weighted by Crippen LogP contribution is 2.47. The molecule has 1 N–H and O–H groups in total. The van der Waals surface area contributed by atoms with Gasteiger partial charge in [0.2, 0.25) is 15.9 Å². The van der Waals surface area contributed by atoms with Gasteiger partial charge < -0.3 is 10.1 Å². The Morgan fingerprint density at radius 1 is 1.00 bits per heavy atom. The molecule has 0 bridgehead atoms. The van der Waals surface area contributed by atoms with Crippen LogP contribution in [-0.4, -0.2) is 62.0 Å². The first-order valence-electron chi connectivity index (χ1n) is 13.7. The third kappa shape index (κ3) is 7.80. The van der Waals surface area contributed by atoms with Crippen LogP contribution in [0.25, 0.3) is 0 Å². The Balaban J connectivity index is 1.27. The van der Waals surface area contributed by atoms with Gasteiger partial charge in [0.25, 0.3) is 0 Å². The van der Waals surface area contributed by atoms with Gasteiger partial charge in [0.15, 0.2) is 0 Å². The lowest BCUT2D eigenvalue weighted by molar-refractivity contribution is -0.118. The van der Waals surface area contributed by atoms with E-state index in [9.17, 15) is 13.2 Å². The van der Waals surface area contributed by atoms with Crippen LogP contribution in [0.3, 0.4) is 0 Å². The molecule has 0 atom stereocenters. The quantitative estimate of drug-likeness (QED) is 0.483. The van der Waals surface area contributed by atoms with Crippen LogP contribution in [0.2, 0.25) is 0 Å². The van der Waals surface area contributed by atoms with Crippen molar-refractivity contribution in [3.05, 3.63) is 60.2 Å². The van der Waals surface area contributed by atoms with Crippen molar-refractivity contribution in [2.75, 3.05) is 43.8 Å². The largest absolute Gasteiger partial charge is 0.489 e. The van der Waals surface area contributed by atoms with Gasteiger partial charge >= 0.3 is 0 Å². The minimum atomic E-state index is -3.27. The number of carbonyl (C=O) groups is 1. The molecular formula is C30H43N3O4S. The maximum Gasteiger partial charge on any atom is 0.238 e. The Morgan fingerprint density at radius 3 is 2.29 bits per heavy atom. The zero-order valence-electron chi connectivity index (χ0n) is 23.3. The first-order chi connectivity index (χ1) is 17.9. The minimum absolute atomic E-state index is 0.0195. The van der Waals surface area contributed by atoms with Gasteiger partial charge in [-0.1, -0.05) is 58.0 Å². The molecule has 7 nitrogen and oxygen atoms in total. The molecule has 2 aromatic rings. The fraction of sp³-hybridized carbons (Fsp3) is 0.567. The summed E-state index contributed by atoms with van der Waals surface area (Å²) in [6, 6.07) is 17.5. The lowest BCUT2D eigenvalue weighted by atomic mass is 9.65. The van der Waals surface area contributed by atoms with Gasteiger partial charge in [-0.25, -0.2) is 12.7 Å². The lowest BCUT2D eigenvalue weighted by Gasteiger charge is -2.52. The van der Waals surface area contributed by atoms with E-state index in [0.29, 0.717) is 26.2 Å². The molecule has 0 radical (unpaired) electrons. The standard InChI is InChI=1S/C30H43N3O4S/c1-24(2)20-38(35,36)33-22-29(3,4)21-30(23-33)14-16-32(17-15-30)18-28(34)31-26-10-12-27(13-11-26)37-19-25-8-6-5-7-9-25/h5-13,24H,14-23H2,1-4H3,(H,31,34). The fourth-order valence-corrected chi connectivity index (χ4v) is 8.13. The number of ether oxygens (including phenoxy) is 1. The molecule has 38 heavy (non-hydrogen) atoms. The Hall–Kier alpha value is -2.42. The van der Waals surface area contributed by atoms with Crippen molar-refractivity contribution in [3.63, 3.8) is 0 Å². The van der Waals surface area contributed by atoms with Crippen molar-refractivity contribution in [2.45, 2.75) is 53.6 Å². The normalized spacial score (nSPS) is 19.9. The molecule has 2 saturated heterocycles. The number of amides is 1. The van der Waals surface area contributed by atoms with Crippen LogP contribution in [0.4, 0.5) is 5.69 Å². The molecule has 0 aromatic heterocycles. The number of nitrogens with zero attached hydrogens (tertiary/aromatic N) is 2. The number of likely N-dealkylation sites (tertiary alicyclic amines) is 1. The van der Waals surface area contributed by atoms with E-state index in [1.54, 1.807) is 4.31 Å². The first-order valence-corrected chi connectivity index (χ1v) is 15.3. The summed E-state index contributed by atoms with van der Waals surface area (Å²) in [6.45, 7) is 11.9. The van der Waals surface area contributed by atoms with Gasteiger partial charge in [0.1, 0.15) is 12.4 Å². The van der Waals surface area contributed by atoms with Crippen LogP contribution in [0.15, 0.2) is 54.6 Å². The van der Waals surface area contributed by atoms with Gasteiger partial charge in [-0.2, -0.15) is 0 Å². The maximum absolute atomic E-state index is 13.1. The van der Waals surface area contributed by atoms with Crippen LogP contribution < -0.4 is 10.1 Å². The van der Waals surface area contributed by atoms with E-state index in [4.69, 9.17) is 4.74 Å². The number of sulfonamides is 1. The number of benzene rings is 2. The molecule has 0 aliphatic carbocycles. The second-order valence-electron chi connectivity index (χ2n) is 12.4. The topological polar surface area (TPSA) is 79.0 Å². The summed E-state index contributed by atoms with van der Waals surface area (Å²) in [6.07, 6.45) is 2.84. The molecule has 208 valence electrons. The summed E-state index contributed by atoms with van der Waals surface area (Å²) in [7, 11) is -3.27. The lowest BCUT2D eigenvalue weighted by Crippen LogP contribution is -2.56. The Bertz CT molecular complexity index is 1170. The summed E-state index contributed by atoms with van der Waals surface area (Å²) < 4.78 is 33.7. The number of piperidine rings is 2. The molecular weight excluding hydrogens is 498 g/mol. The number of carbonyl (C=O) groups excluding carboxylic acids is 1. The second-order valence-corrected chi connectivity index (χ2v) is 14.4. The molecule has 0 unspecified atom stereocenters. The number of hydrogen-bond acceptors (Lipinski definition) is 5. The molecule has 8 heteroatoms. The number of hydrogen-bond donors (Lipinski definition) is 1. The number of nitrogens with one attached hydrogen (secondary N) is 1. The van der Waals surface area contributed by atoms with Crippen molar-refractivity contribution < 1.29 is 17.9 Å². The van der Waals surface area contributed by atoms with Gasteiger partial charge in [-0.05, 0) is 78.9 Å². The molecule has 4 rings (SSSR count). The van der Waals surface area contributed by atoms with E-state index < -0.39 is 10.0 Å². The van der Waals surface area contributed by atoms with Crippen molar-refractivity contribution in [2.24, 2.45) is 16.7 Å². The first kappa shape index (κ1) is 28.6. The molecule has 2 fully saturated rings. The van der Waals surface area contributed by atoms with Crippen LogP contribution in [0, 0.1) is 16.7 Å². The molecule has 2 aliphatic rings. The summed E-state index contributed by atoms with van der Waals surface area (Å²) in [5, 5.41) is 3.00. The smallest absolute Gasteiger partial charge is 0.238 e. The van der Waals surface area contributed by atoms with Gasteiger partial charge in [0.05, 0.1) is 12.3 Å². The van der Waals surface area contributed by atoms with Crippen LogP contribution in [0.5, 0.6) is 5.75 Å². The van der Waals surface area contributed by atoms with Gasteiger partial charge in [-0.15, -0.1) is 0 Å². The third-order valence-corrected chi connectivity index (χ3v) is 9.71. The van der Waals surface area contributed by atoms with E-state index in [1.807, 2.05) is 68.4 Å². The Labute approximate surface area is 228 Å². The van der Waals surface area contributed by atoms with E-state index in [2.05, 4.69) is 24.1 Å². The fourth-order valence-electron chi connectivity index (χ4n) is 6.06. The van der Waals surface area contributed by atoms with E-state index in [-0.39, 0.29) is 28.4 Å². The van der Waals surface area contributed by atoms with Crippen molar-refractivity contribution in [1.82, 2.24) is 9.21 Å². The van der Waals surface area contributed by atoms with Gasteiger partial charge in [-0.3, -0.25) is 9.69 Å². The van der Waals surface area contributed by atoms with Crippen LogP contribution in [-0.2, 0) is 21.4 Å². The highest BCUT2D eigenvalue weighted by molar-refractivity contribution is 7.89. The minimum Gasteiger partial charge on any atom is -0.489 e. The van der Waals surface area contributed by atoms with E-state index in [0.717, 1.165) is 49.4 Å². The molecule has 0 saturated carbocycles. The van der Waals surface area contributed by atoms with Crippen LogP contribution >= 0.6 is 0 Å². The Morgan fingerprint density at radius 2 is 1.66 bits per heavy atom. The highest BCUT2D eigenvalue weighted by Gasteiger charge is 2.47. The highest BCUT2D eigenvalue weighted by atomic mass is 32.2. The number of rotatable bonds is 9. The predicted octanol–water partition coefficient (Wildman–Crippen LogP) is 5.00. The summed E-state index contributed by atoms with van der Waals surface area (Å²) in [4.78, 5) is 14.9. The predicted molar refractivity (Wildman–Crippen MR) is 153 cm³/mol. The summed E-state index contributed by atoms with van der Waals surface area (Å²) >= 11 is 0. The van der Waals surface area contributed by atoms with Crippen molar-refractivity contribution in [1.29, 1.82) is 0 Å². The van der Waals surface area contributed by atoms with E-state index >= 15 is 0 Å². The molecule has 2 aliphatic heterocycles. The maximum atomic E-state index is 13.1. The second kappa shape index (κ2) is 11.8. The molecule has 2 heterocycles. The average Bonchev–Trinajstić information content (AvgIpc) is 2.84.